The number of aromatic nitrogens is 5. The Balaban J connectivity index is 1.56. The van der Waals surface area contributed by atoms with E-state index in [1.165, 1.54) is 33.2 Å². The van der Waals surface area contributed by atoms with Gasteiger partial charge in [0, 0.05) is 36.0 Å². The van der Waals surface area contributed by atoms with Crippen LogP contribution in [0.3, 0.4) is 0 Å². The van der Waals surface area contributed by atoms with Crippen LogP contribution in [0.15, 0.2) is 46.5 Å². The second-order valence-corrected chi connectivity index (χ2v) is 9.86. The topological polar surface area (TPSA) is 123 Å². The fraction of sp³-hybridized carbons (Fsp3) is 0.346. The summed E-state index contributed by atoms with van der Waals surface area (Å²) < 4.78 is 90.3. The second-order valence-electron chi connectivity index (χ2n) is 9.86. The van der Waals surface area contributed by atoms with E-state index in [0.717, 1.165) is 18.3 Å². The summed E-state index contributed by atoms with van der Waals surface area (Å²) in [5.41, 5.74) is -5.20. The van der Waals surface area contributed by atoms with Crippen LogP contribution < -0.4 is 15.9 Å². The van der Waals surface area contributed by atoms with Gasteiger partial charge in [-0.2, -0.15) is 18.3 Å². The molecule has 0 aliphatic rings. The molecule has 0 fully saturated rings. The highest BCUT2D eigenvalue weighted by atomic mass is 19.4. The first-order valence-electron chi connectivity index (χ1n) is 12.1. The number of H-pyrrole nitrogens is 1. The normalized spacial score (nSPS) is 13.8. The molecule has 0 saturated heterocycles. The second kappa shape index (κ2) is 11.0. The highest BCUT2D eigenvalue weighted by Gasteiger charge is 2.38. The molecule has 4 aromatic rings. The van der Waals surface area contributed by atoms with Crippen LogP contribution in [-0.4, -0.2) is 42.1 Å². The number of halogens is 6. The zero-order valence-corrected chi connectivity index (χ0v) is 21.8. The summed E-state index contributed by atoms with van der Waals surface area (Å²) in [5, 5.41) is 14.3. The number of hydrogen-bond donors (Lipinski definition) is 2. The smallest absolute Gasteiger partial charge is 0.425 e. The lowest BCUT2D eigenvalue weighted by Gasteiger charge is -2.20. The first-order valence-corrected chi connectivity index (χ1v) is 12.1. The molecule has 1 aromatic carbocycles. The van der Waals surface area contributed by atoms with Crippen molar-refractivity contribution in [1.29, 1.82) is 0 Å². The molecule has 2 unspecified atom stereocenters. The lowest BCUT2D eigenvalue weighted by Crippen LogP contribution is -2.29. The minimum Gasteiger partial charge on any atom is -0.488 e. The monoisotopic (exact) mass is 583 g/mol. The number of benzene rings is 1. The Morgan fingerprint density at radius 3 is 2.32 bits per heavy atom. The maximum atomic E-state index is 15.0. The van der Waals surface area contributed by atoms with E-state index in [9.17, 15) is 36.6 Å². The highest BCUT2D eigenvalue weighted by molar-refractivity contribution is 5.86. The summed E-state index contributed by atoms with van der Waals surface area (Å²) in [6, 6.07) is 1.82. The van der Waals surface area contributed by atoms with Gasteiger partial charge in [-0.1, -0.05) is 0 Å². The summed E-state index contributed by atoms with van der Waals surface area (Å²) in [6.07, 6.45) is -4.79. The first-order chi connectivity index (χ1) is 19.1. The minimum atomic E-state index is -5.06. The molecule has 0 spiro atoms. The Kier molecular flexibility index (Phi) is 7.94. The Morgan fingerprint density at radius 1 is 1.05 bits per heavy atom. The molecule has 0 saturated carbocycles. The molecule has 218 valence electrons. The van der Waals surface area contributed by atoms with Crippen LogP contribution in [0, 0.1) is 11.6 Å². The van der Waals surface area contributed by atoms with Gasteiger partial charge in [0.1, 0.15) is 17.8 Å². The number of rotatable bonds is 8. The van der Waals surface area contributed by atoms with Crippen molar-refractivity contribution in [2.45, 2.75) is 57.8 Å². The number of aliphatic hydroxyl groups is 1. The third-order valence-corrected chi connectivity index (χ3v) is 6.14. The average molecular weight is 583 g/mol. The van der Waals surface area contributed by atoms with Crippen molar-refractivity contribution >= 4 is 10.8 Å². The zero-order valence-electron chi connectivity index (χ0n) is 21.8. The van der Waals surface area contributed by atoms with Gasteiger partial charge in [0.05, 0.1) is 35.4 Å². The molecular weight excluding hydrogens is 560 g/mol. The number of hydrogen-bond acceptors (Lipinski definition) is 7. The Hall–Kier alpha value is -4.27. The van der Waals surface area contributed by atoms with Gasteiger partial charge in [-0.15, -0.1) is 0 Å². The standard InChI is InChI=1S/C26H23F6N5O4/c1-12(41-20-9-35-36-23(38)21(20)26(30,31)32)4-14(27)10-37-11-19(29)15-5-17(18(28)6-16(15)24(37)39)22-33-7-13(8-34-22)25(2,3)40/h5-9,11-12,14,40H,4,10H2,1-3H3,(H,36,38). The molecule has 3 aromatic heterocycles. The van der Waals surface area contributed by atoms with Gasteiger partial charge in [-0.3, -0.25) is 9.59 Å². The molecule has 3 heterocycles. The van der Waals surface area contributed by atoms with E-state index in [1.54, 1.807) is 5.10 Å². The zero-order chi connectivity index (χ0) is 30.3. The van der Waals surface area contributed by atoms with Crippen LogP contribution >= 0.6 is 0 Å². The largest absolute Gasteiger partial charge is 0.488 e. The summed E-state index contributed by atoms with van der Waals surface area (Å²) in [7, 11) is 0. The molecule has 0 amide bonds. The van der Waals surface area contributed by atoms with Crippen molar-refractivity contribution in [3.05, 3.63) is 80.4 Å². The van der Waals surface area contributed by atoms with E-state index in [-0.39, 0.29) is 22.2 Å². The number of nitrogens with one attached hydrogen (secondary N) is 1. The number of ether oxygens (including phenoxy) is 1. The van der Waals surface area contributed by atoms with E-state index in [1.807, 2.05) is 0 Å². The summed E-state index contributed by atoms with van der Waals surface area (Å²) in [4.78, 5) is 32.5. The molecular formula is C26H23F6N5O4. The molecule has 15 heteroatoms. The van der Waals surface area contributed by atoms with E-state index < -0.39 is 71.1 Å². The lowest BCUT2D eigenvalue weighted by molar-refractivity contribution is -0.140. The fourth-order valence-corrected chi connectivity index (χ4v) is 4.11. The third kappa shape index (κ3) is 6.39. The Bertz CT molecular complexity index is 1700. The molecule has 0 radical (unpaired) electrons. The number of pyridine rings is 1. The van der Waals surface area contributed by atoms with E-state index >= 15 is 4.39 Å². The minimum absolute atomic E-state index is 0.122. The van der Waals surface area contributed by atoms with Crippen molar-refractivity contribution in [3.63, 3.8) is 0 Å². The maximum Gasteiger partial charge on any atom is 0.425 e. The SMILES string of the molecule is CC(CC(F)Cn1cc(F)c2cc(-c3ncc(C(C)(C)O)cn3)c(F)cc2c1=O)Oc1cn[nH]c(=O)c1C(F)(F)F. The van der Waals surface area contributed by atoms with Gasteiger partial charge in [0.15, 0.2) is 17.1 Å². The third-order valence-electron chi connectivity index (χ3n) is 6.14. The van der Waals surface area contributed by atoms with Crippen LogP contribution in [0.25, 0.3) is 22.2 Å². The van der Waals surface area contributed by atoms with Gasteiger partial charge in [-0.25, -0.2) is 28.2 Å². The summed E-state index contributed by atoms with van der Waals surface area (Å²) >= 11 is 0. The molecule has 9 nitrogen and oxygen atoms in total. The predicted octanol–water partition coefficient (Wildman–Crippen LogP) is 4.26. The van der Waals surface area contributed by atoms with Gasteiger partial charge >= 0.3 is 6.18 Å². The van der Waals surface area contributed by atoms with Crippen molar-refractivity contribution in [1.82, 2.24) is 24.7 Å². The average Bonchev–Trinajstić information content (AvgIpc) is 2.85. The fourth-order valence-electron chi connectivity index (χ4n) is 4.11. The summed E-state index contributed by atoms with van der Waals surface area (Å²) in [5.74, 6) is -2.95. The summed E-state index contributed by atoms with van der Waals surface area (Å²) in [6.45, 7) is 3.53. The lowest BCUT2D eigenvalue weighted by atomic mass is 10.0. The highest BCUT2D eigenvalue weighted by Crippen LogP contribution is 2.33. The first kappa shape index (κ1) is 29.7. The van der Waals surface area contributed by atoms with Crippen LogP contribution in [0.2, 0.25) is 0 Å². The van der Waals surface area contributed by atoms with Gasteiger partial charge in [0.25, 0.3) is 11.1 Å². The van der Waals surface area contributed by atoms with Gasteiger partial charge in [0.2, 0.25) is 0 Å². The number of nitrogens with zero attached hydrogens (tertiary/aromatic N) is 4. The Morgan fingerprint density at radius 2 is 1.71 bits per heavy atom. The number of fused-ring (bicyclic) bond motifs is 1. The van der Waals surface area contributed by atoms with E-state index in [0.29, 0.717) is 16.3 Å². The number of alkyl halides is 4. The van der Waals surface area contributed by atoms with E-state index in [2.05, 4.69) is 15.1 Å². The van der Waals surface area contributed by atoms with Crippen LogP contribution in [-0.2, 0) is 18.3 Å². The maximum absolute atomic E-state index is 15.0. The molecule has 0 aliphatic carbocycles. The molecule has 4 rings (SSSR count). The van der Waals surface area contributed by atoms with Crippen molar-refractivity contribution in [2.75, 3.05) is 0 Å². The van der Waals surface area contributed by atoms with Crippen molar-refractivity contribution < 1.29 is 36.2 Å². The van der Waals surface area contributed by atoms with Crippen LogP contribution in [0.1, 0.15) is 38.3 Å². The molecule has 0 aliphatic heterocycles. The molecule has 41 heavy (non-hydrogen) atoms. The molecule has 0 bridgehead atoms. The predicted molar refractivity (Wildman–Crippen MR) is 134 cm³/mol. The van der Waals surface area contributed by atoms with E-state index in [4.69, 9.17) is 4.74 Å². The van der Waals surface area contributed by atoms with Gasteiger partial charge < -0.3 is 14.4 Å². The van der Waals surface area contributed by atoms with Gasteiger partial charge in [-0.05, 0) is 32.9 Å². The molecule has 2 atom stereocenters. The Labute approximate surface area is 227 Å². The molecule has 2 N–H and O–H groups in total. The van der Waals surface area contributed by atoms with Crippen LogP contribution in [0.4, 0.5) is 26.3 Å². The quantitative estimate of drug-likeness (QED) is 0.297. The van der Waals surface area contributed by atoms with Crippen molar-refractivity contribution in [2.24, 2.45) is 0 Å². The van der Waals surface area contributed by atoms with Crippen molar-refractivity contribution in [3.8, 4) is 17.1 Å². The van der Waals surface area contributed by atoms with Crippen LogP contribution in [0.5, 0.6) is 5.75 Å². The number of aromatic amines is 1.